The zero-order valence-corrected chi connectivity index (χ0v) is 11.8. The molecule has 0 radical (unpaired) electrons. The number of rotatable bonds is 3. The number of carbonyl (C=O) groups excluding carboxylic acids is 1. The van der Waals surface area contributed by atoms with E-state index in [1.807, 2.05) is 5.38 Å². The highest BCUT2D eigenvalue weighted by Gasteiger charge is 2.07. The molecule has 2 heterocycles. The van der Waals surface area contributed by atoms with Crippen LogP contribution in [0.25, 0.3) is 10.2 Å². The van der Waals surface area contributed by atoms with Crippen LogP contribution in [0.1, 0.15) is 15.9 Å². The van der Waals surface area contributed by atoms with Crippen LogP contribution in [0.5, 0.6) is 0 Å². The minimum absolute atomic E-state index is 0.0648. The third-order valence-electron chi connectivity index (χ3n) is 3.15. The highest BCUT2D eigenvalue weighted by molar-refractivity contribution is 7.16. The second-order valence-electron chi connectivity index (χ2n) is 4.49. The smallest absolute Gasteiger partial charge is 0.265 e. The molecule has 0 aliphatic carbocycles. The van der Waals surface area contributed by atoms with Crippen LogP contribution in [0.15, 0.2) is 46.8 Å². The van der Waals surface area contributed by atoms with E-state index in [4.69, 9.17) is 5.84 Å². The SMILES string of the molecule is NNC(=O)c1ccc(Cn2cnc3sccc3c2=O)cc1. The van der Waals surface area contributed by atoms with Gasteiger partial charge in [-0.25, -0.2) is 10.8 Å². The predicted octanol–water partition coefficient (Wildman–Crippen LogP) is 1.11. The fourth-order valence-electron chi connectivity index (χ4n) is 2.05. The summed E-state index contributed by atoms with van der Waals surface area (Å²) in [5.41, 5.74) is 3.39. The molecule has 3 rings (SSSR count). The van der Waals surface area contributed by atoms with Gasteiger partial charge >= 0.3 is 0 Å². The van der Waals surface area contributed by atoms with E-state index < -0.39 is 0 Å². The van der Waals surface area contributed by atoms with E-state index in [0.717, 1.165) is 10.4 Å². The zero-order chi connectivity index (χ0) is 14.8. The average Bonchev–Trinajstić information content (AvgIpc) is 2.99. The molecule has 21 heavy (non-hydrogen) atoms. The van der Waals surface area contributed by atoms with Gasteiger partial charge in [-0.2, -0.15) is 0 Å². The molecule has 3 aromatic rings. The van der Waals surface area contributed by atoms with Crippen molar-refractivity contribution in [3.8, 4) is 0 Å². The van der Waals surface area contributed by atoms with Crippen LogP contribution < -0.4 is 16.8 Å². The number of hydrogen-bond donors (Lipinski definition) is 2. The predicted molar refractivity (Wildman–Crippen MR) is 81.1 cm³/mol. The third kappa shape index (κ3) is 2.56. The van der Waals surface area contributed by atoms with E-state index in [0.29, 0.717) is 17.5 Å². The average molecular weight is 300 g/mol. The minimum atomic E-state index is -0.347. The maximum atomic E-state index is 12.3. The number of nitrogens with two attached hydrogens (primary N) is 1. The standard InChI is InChI=1S/C14H12N4O2S/c15-17-12(19)10-3-1-9(2-4-10)7-18-8-16-13-11(14(18)20)5-6-21-13/h1-6,8H,7,15H2,(H,17,19). The van der Waals surface area contributed by atoms with Crippen molar-refractivity contribution in [1.82, 2.24) is 15.0 Å². The zero-order valence-electron chi connectivity index (χ0n) is 10.9. The maximum Gasteiger partial charge on any atom is 0.265 e. The molecule has 0 saturated carbocycles. The van der Waals surface area contributed by atoms with Crippen LogP contribution in [0.3, 0.4) is 0 Å². The lowest BCUT2D eigenvalue weighted by Gasteiger charge is -2.06. The molecule has 0 aliphatic heterocycles. The summed E-state index contributed by atoms with van der Waals surface area (Å²) in [5.74, 6) is 4.73. The van der Waals surface area contributed by atoms with Crippen molar-refractivity contribution in [3.05, 3.63) is 63.5 Å². The van der Waals surface area contributed by atoms with Gasteiger partial charge in [-0.15, -0.1) is 11.3 Å². The number of fused-ring (bicyclic) bond motifs is 1. The van der Waals surface area contributed by atoms with Gasteiger partial charge < -0.3 is 0 Å². The van der Waals surface area contributed by atoms with Gasteiger partial charge in [-0.3, -0.25) is 19.6 Å². The highest BCUT2D eigenvalue weighted by atomic mass is 32.1. The molecular formula is C14H12N4O2S. The Morgan fingerprint density at radius 2 is 2.05 bits per heavy atom. The summed E-state index contributed by atoms with van der Waals surface area (Å²) in [6, 6.07) is 8.68. The molecular weight excluding hydrogens is 288 g/mol. The summed E-state index contributed by atoms with van der Waals surface area (Å²) in [5, 5.41) is 2.48. The Labute approximate surface area is 123 Å². The van der Waals surface area contributed by atoms with Crippen molar-refractivity contribution in [1.29, 1.82) is 0 Å². The lowest BCUT2D eigenvalue weighted by atomic mass is 10.1. The van der Waals surface area contributed by atoms with E-state index in [-0.39, 0.29) is 11.5 Å². The molecule has 1 aromatic carbocycles. The summed E-state index contributed by atoms with van der Waals surface area (Å²) in [4.78, 5) is 28.6. The summed E-state index contributed by atoms with van der Waals surface area (Å²) >= 11 is 1.44. The molecule has 1 amide bonds. The lowest BCUT2D eigenvalue weighted by Crippen LogP contribution is -2.29. The molecule has 0 unspecified atom stereocenters. The second-order valence-corrected chi connectivity index (χ2v) is 5.38. The van der Waals surface area contributed by atoms with Crippen LogP contribution in [0, 0.1) is 0 Å². The topological polar surface area (TPSA) is 90.0 Å². The first-order valence-electron chi connectivity index (χ1n) is 6.21. The van der Waals surface area contributed by atoms with Gasteiger partial charge in [0.25, 0.3) is 11.5 Å². The van der Waals surface area contributed by atoms with Crippen molar-refractivity contribution in [2.24, 2.45) is 5.84 Å². The van der Waals surface area contributed by atoms with E-state index in [1.165, 1.54) is 11.3 Å². The normalized spacial score (nSPS) is 10.7. The number of nitrogens with one attached hydrogen (secondary N) is 1. The number of nitrogen functional groups attached to an aromatic ring is 1. The molecule has 0 atom stereocenters. The fourth-order valence-corrected chi connectivity index (χ4v) is 2.77. The second kappa shape index (κ2) is 5.47. The number of benzene rings is 1. The molecule has 3 N–H and O–H groups in total. The van der Waals surface area contributed by atoms with Crippen molar-refractivity contribution in [2.75, 3.05) is 0 Å². The monoisotopic (exact) mass is 300 g/mol. The van der Waals surface area contributed by atoms with Crippen LogP contribution in [0.2, 0.25) is 0 Å². The van der Waals surface area contributed by atoms with E-state index in [9.17, 15) is 9.59 Å². The van der Waals surface area contributed by atoms with Gasteiger partial charge in [0.1, 0.15) is 4.83 Å². The van der Waals surface area contributed by atoms with E-state index >= 15 is 0 Å². The Kier molecular flexibility index (Phi) is 3.51. The van der Waals surface area contributed by atoms with E-state index in [2.05, 4.69) is 10.4 Å². The van der Waals surface area contributed by atoms with Gasteiger partial charge in [0, 0.05) is 5.56 Å². The van der Waals surface area contributed by atoms with Gasteiger partial charge in [-0.05, 0) is 29.1 Å². The van der Waals surface area contributed by atoms with Crippen molar-refractivity contribution in [3.63, 3.8) is 0 Å². The summed E-state index contributed by atoms with van der Waals surface area (Å²) in [6.45, 7) is 0.405. The number of thiophene rings is 1. The number of aromatic nitrogens is 2. The number of carbonyl (C=O) groups is 1. The quantitative estimate of drug-likeness (QED) is 0.431. The number of nitrogens with zero attached hydrogens (tertiary/aromatic N) is 2. The first-order chi connectivity index (χ1) is 10.2. The van der Waals surface area contributed by atoms with Crippen molar-refractivity contribution < 1.29 is 4.79 Å². The Hall–Kier alpha value is -2.51. The van der Waals surface area contributed by atoms with Gasteiger partial charge in [0.2, 0.25) is 0 Å². The maximum absolute atomic E-state index is 12.3. The van der Waals surface area contributed by atoms with Crippen molar-refractivity contribution in [2.45, 2.75) is 6.54 Å². The minimum Gasteiger partial charge on any atom is -0.294 e. The summed E-state index contributed by atoms with van der Waals surface area (Å²) < 4.78 is 1.55. The summed E-state index contributed by atoms with van der Waals surface area (Å²) in [6.07, 6.45) is 1.54. The number of amides is 1. The van der Waals surface area contributed by atoms with Gasteiger partial charge in [0.15, 0.2) is 0 Å². The first-order valence-corrected chi connectivity index (χ1v) is 7.09. The Balaban J connectivity index is 1.90. The molecule has 6 nitrogen and oxygen atoms in total. The fraction of sp³-hybridized carbons (Fsp3) is 0.0714. The van der Waals surface area contributed by atoms with Crippen molar-refractivity contribution >= 4 is 27.5 Å². The third-order valence-corrected chi connectivity index (χ3v) is 3.97. The van der Waals surface area contributed by atoms with Gasteiger partial charge in [0.05, 0.1) is 18.3 Å². The summed E-state index contributed by atoms with van der Waals surface area (Å²) in [7, 11) is 0. The Bertz CT molecular complexity index is 851. The van der Waals surface area contributed by atoms with Crippen LogP contribution >= 0.6 is 11.3 Å². The molecule has 0 fully saturated rings. The number of hydrogen-bond acceptors (Lipinski definition) is 5. The Morgan fingerprint density at radius 3 is 2.76 bits per heavy atom. The van der Waals surface area contributed by atoms with Crippen LogP contribution in [0.4, 0.5) is 0 Å². The molecule has 0 saturated heterocycles. The first kappa shape index (κ1) is 13.5. The van der Waals surface area contributed by atoms with Gasteiger partial charge in [-0.1, -0.05) is 12.1 Å². The van der Waals surface area contributed by atoms with Crippen LogP contribution in [-0.4, -0.2) is 15.5 Å². The molecule has 0 aliphatic rings. The molecule has 0 bridgehead atoms. The molecule has 2 aromatic heterocycles. The number of hydrazine groups is 1. The largest absolute Gasteiger partial charge is 0.294 e. The van der Waals surface area contributed by atoms with Crippen LogP contribution in [-0.2, 0) is 6.54 Å². The lowest BCUT2D eigenvalue weighted by molar-refractivity contribution is 0.0953. The Morgan fingerprint density at radius 1 is 1.29 bits per heavy atom. The molecule has 7 heteroatoms. The molecule has 0 spiro atoms. The highest BCUT2D eigenvalue weighted by Crippen LogP contribution is 2.14. The molecule has 106 valence electrons. The van der Waals surface area contributed by atoms with E-state index in [1.54, 1.807) is 41.2 Å².